The van der Waals surface area contributed by atoms with Crippen LogP contribution >= 0.6 is 11.3 Å². The Labute approximate surface area is 116 Å². The number of rotatable bonds is 5. The van der Waals surface area contributed by atoms with Gasteiger partial charge in [0.2, 0.25) is 0 Å². The number of nitrogens with zero attached hydrogens (tertiary/aromatic N) is 1. The summed E-state index contributed by atoms with van der Waals surface area (Å²) in [5.74, 6) is 0. The zero-order valence-electron chi connectivity index (χ0n) is 10.9. The van der Waals surface area contributed by atoms with E-state index in [9.17, 15) is 5.11 Å². The molecule has 0 radical (unpaired) electrons. The third kappa shape index (κ3) is 2.88. The zero-order chi connectivity index (χ0) is 13.1. The van der Waals surface area contributed by atoms with Crippen molar-refractivity contribution in [1.82, 2.24) is 15.5 Å². The molecule has 1 saturated carbocycles. The van der Waals surface area contributed by atoms with E-state index in [1.54, 1.807) is 11.3 Å². The van der Waals surface area contributed by atoms with Crippen molar-refractivity contribution in [2.45, 2.75) is 37.8 Å². The van der Waals surface area contributed by atoms with E-state index in [-0.39, 0.29) is 0 Å². The minimum absolute atomic E-state index is 0.493. The molecule has 3 rings (SSSR count). The highest BCUT2D eigenvalue weighted by atomic mass is 32.1. The van der Waals surface area contributed by atoms with Crippen LogP contribution in [0.2, 0.25) is 0 Å². The van der Waals surface area contributed by atoms with Crippen molar-refractivity contribution in [3.05, 3.63) is 29.3 Å². The average Bonchev–Trinajstić information content (AvgIpc) is 3.09. The highest BCUT2D eigenvalue weighted by Crippen LogP contribution is 2.29. The number of nitrogens with one attached hydrogen (secondary N) is 2. The fourth-order valence-corrected chi connectivity index (χ4v) is 3.47. The number of aromatic nitrogens is 2. The third-order valence-corrected chi connectivity index (χ3v) is 4.68. The van der Waals surface area contributed by atoms with Gasteiger partial charge in [-0.05, 0) is 24.3 Å². The quantitative estimate of drug-likeness (QED) is 0.787. The monoisotopic (exact) mass is 277 g/mol. The molecule has 102 valence electrons. The first-order valence-electron chi connectivity index (χ1n) is 6.76. The lowest BCUT2D eigenvalue weighted by Crippen LogP contribution is -2.37. The molecule has 0 unspecified atom stereocenters. The smallest absolute Gasteiger partial charge is 0.0794 e. The van der Waals surface area contributed by atoms with Crippen LogP contribution in [0.25, 0.3) is 10.6 Å². The maximum absolute atomic E-state index is 10.3. The second-order valence-corrected chi connectivity index (χ2v) is 6.23. The Morgan fingerprint density at radius 1 is 1.42 bits per heavy atom. The summed E-state index contributed by atoms with van der Waals surface area (Å²) in [6.07, 6.45) is 5.99. The van der Waals surface area contributed by atoms with Gasteiger partial charge in [0.1, 0.15) is 0 Å². The molecule has 2 heterocycles. The number of aromatic amines is 1. The maximum Gasteiger partial charge on any atom is 0.0794 e. The predicted molar refractivity (Wildman–Crippen MR) is 77.0 cm³/mol. The molecule has 4 nitrogen and oxygen atoms in total. The highest BCUT2D eigenvalue weighted by molar-refractivity contribution is 7.13. The van der Waals surface area contributed by atoms with Crippen molar-refractivity contribution < 1.29 is 5.11 Å². The fraction of sp³-hybridized carbons (Fsp3) is 0.500. The van der Waals surface area contributed by atoms with Crippen LogP contribution in [0.4, 0.5) is 0 Å². The standard InChI is InChI=1S/C14H19N3OS/c18-14(5-1-2-6-14)10-15-8-11-9-16-17-13(11)12-4-3-7-19-12/h3-4,7,9,15,18H,1-2,5-6,8,10H2,(H,16,17). The predicted octanol–water partition coefficient (Wildman–Crippen LogP) is 2.53. The summed E-state index contributed by atoms with van der Waals surface area (Å²) in [5, 5.41) is 22.9. The maximum atomic E-state index is 10.3. The van der Waals surface area contributed by atoms with E-state index < -0.39 is 5.60 Å². The van der Waals surface area contributed by atoms with Gasteiger partial charge in [-0.3, -0.25) is 5.10 Å². The Hall–Kier alpha value is -1.17. The van der Waals surface area contributed by atoms with Gasteiger partial charge < -0.3 is 10.4 Å². The number of thiophene rings is 1. The Kier molecular flexibility index (Phi) is 3.68. The number of H-pyrrole nitrogens is 1. The normalized spacial score (nSPS) is 17.9. The minimum Gasteiger partial charge on any atom is -0.389 e. The molecule has 0 atom stereocenters. The Morgan fingerprint density at radius 3 is 3.00 bits per heavy atom. The number of aliphatic hydroxyl groups is 1. The molecule has 2 aromatic rings. The molecule has 1 aliphatic rings. The molecule has 1 fully saturated rings. The van der Waals surface area contributed by atoms with E-state index in [0.717, 1.165) is 43.5 Å². The lowest BCUT2D eigenvalue weighted by Gasteiger charge is -2.22. The molecular weight excluding hydrogens is 258 g/mol. The number of hydrogen-bond acceptors (Lipinski definition) is 4. The molecule has 0 aliphatic heterocycles. The van der Waals surface area contributed by atoms with Gasteiger partial charge in [0, 0.05) is 18.7 Å². The van der Waals surface area contributed by atoms with E-state index in [1.807, 2.05) is 12.3 Å². The summed E-state index contributed by atoms with van der Waals surface area (Å²) in [5.41, 5.74) is 1.75. The zero-order valence-corrected chi connectivity index (χ0v) is 11.7. The molecule has 19 heavy (non-hydrogen) atoms. The average molecular weight is 277 g/mol. The summed E-state index contributed by atoms with van der Waals surface area (Å²) in [6, 6.07) is 4.13. The molecular formula is C14H19N3OS. The van der Waals surface area contributed by atoms with Gasteiger partial charge in [0.05, 0.1) is 22.4 Å². The molecule has 2 aromatic heterocycles. The lowest BCUT2D eigenvalue weighted by molar-refractivity contribution is 0.0475. The summed E-state index contributed by atoms with van der Waals surface area (Å²) in [7, 11) is 0. The molecule has 0 amide bonds. The van der Waals surface area contributed by atoms with E-state index >= 15 is 0 Å². The van der Waals surface area contributed by atoms with Crippen molar-refractivity contribution in [3.63, 3.8) is 0 Å². The van der Waals surface area contributed by atoms with Crippen LogP contribution in [0.5, 0.6) is 0 Å². The molecule has 0 spiro atoms. The van der Waals surface area contributed by atoms with Crippen molar-refractivity contribution in [2.24, 2.45) is 0 Å². The largest absolute Gasteiger partial charge is 0.389 e. The van der Waals surface area contributed by atoms with Crippen LogP contribution in [-0.2, 0) is 6.54 Å². The highest BCUT2D eigenvalue weighted by Gasteiger charge is 2.30. The van der Waals surface area contributed by atoms with Gasteiger partial charge in [-0.15, -0.1) is 11.3 Å². The van der Waals surface area contributed by atoms with Gasteiger partial charge in [0.25, 0.3) is 0 Å². The SMILES string of the molecule is OC1(CNCc2cn[nH]c2-c2cccs2)CCCC1. The van der Waals surface area contributed by atoms with Gasteiger partial charge >= 0.3 is 0 Å². The van der Waals surface area contributed by atoms with Crippen LogP contribution in [0.3, 0.4) is 0 Å². The third-order valence-electron chi connectivity index (χ3n) is 3.79. The van der Waals surface area contributed by atoms with Crippen molar-refractivity contribution >= 4 is 11.3 Å². The van der Waals surface area contributed by atoms with Crippen LogP contribution < -0.4 is 5.32 Å². The van der Waals surface area contributed by atoms with Gasteiger partial charge in [-0.1, -0.05) is 18.9 Å². The van der Waals surface area contributed by atoms with Crippen LogP contribution in [0.1, 0.15) is 31.2 Å². The van der Waals surface area contributed by atoms with Crippen molar-refractivity contribution in [3.8, 4) is 10.6 Å². The molecule has 0 bridgehead atoms. The molecule has 0 saturated heterocycles. The number of hydrogen-bond donors (Lipinski definition) is 3. The van der Waals surface area contributed by atoms with Gasteiger partial charge in [0.15, 0.2) is 0 Å². The first-order chi connectivity index (χ1) is 9.27. The van der Waals surface area contributed by atoms with E-state index in [1.165, 1.54) is 4.88 Å². The summed E-state index contributed by atoms with van der Waals surface area (Å²) >= 11 is 1.70. The van der Waals surface area contributed by atoms with Crippen molar-refractivity contribution in [2.75, 3.05) is 6.54 Å². The molecule has 0 aromatic carbocycles. The Morgan fingerprint density at radius 2 is 2.26 bits per heavy atom. The van der Waals surface area contributed by atoms with Gasteiger partial charge in [-0.2, -0.15) is 5.10 Å². The van der Waals surface area contributed by atoms with Crippen molar-refractivity contribution in [1.29, 1.82) is 0 Å². The second-order valence-electron chi connectivity index (χ2n) is 5.28. The van der Waals surface area contributed by atoms with Gasteiger partial charge in [-0.25, -0.2) is 0 Å². The minimum atomic E-state index is -0.493. The van der Waals surface area contributed by atoms with E-state index in [0.29, 0.717) is 6.54 Å². The van der Waals surface area contributed by atoms with Crippen LogP contribution in [-0.4, -0.2) is 27.4 Å². The Balaban J connectivity index is 1.60. The van der Waals surface area contributed by atoms with Crippen LogP contribution in [0.15, 0.2) is 23.7 Å². The second kappa shape index (κ2) is 5.45. The molecule has 3 N–H and O–H groups in total. The molecule has 1 aliphatic carbocycles. The Bertz CT molecular complexity index is 515. The summed E-state index contributed by atoms with van der Waals surface area (Å²) in [6.45, 7) is 1.41. The molecule has 5 heteroatoms. The van der Waals surface area contributed by atoms with Crippen LogP contribution in [0, 0.1) is 0 Å². The summed E-state index contributed by atoms with van der Waals surface area (Å²) < 4.78 is 0. The topological polar surface area (TPSA) is 60.9 Å². The lowest BCUT2D eigenvalue weighted by atomic mass is 10.0. The summed E-state index contributed by atoms with van der Waals surface area (Å²) in [4.78, 5) is 1.20. The van der Waals surface area contributed by atoms with E-state index in [2.05, 4.69) is 27.0 Å². The first-order valence-corrected chi connectivity index (χ1v) is 7.64. The fourth-order valence-electron chi connectivity index (χ4n) is 2.72. The van der Waals surface area contributed by atoms with E-state index in [4.69, 9.17) is 0 Å². The first kappa shape index (κ1) is 12.8.